The van der Waals surface area contributed by atoms with Gasteiger partial charge in [-0.05, 0) is 22.6 Å². The Hall–Kier alpha value is -1.89. The van der Waals surface area contributed by atoms with Crippen LogP contribution in [0.1, 0.15) is 0 Å². The van der Waals surface area contributed by atoms with E-state index >= 15 is 0 Å². The van der Waals surface area contributed by atoms with Gasteiger partial charge in [0.05, 0.1) is 0 Å². The number of thioether (sulfide) groups is 1. The first-order valence-electron chi connectivity index (χ1n) is 5.50. The van der Waals surface area contributed by atoms with E-state index in [0.29, 0.717) is 6.54 Å². The molecule has 7 heteroatoms. The first-order chi connectivity index (χ1) is 8.84. The SMILES string of the molecule is O=C(Cn1cnnn1)NCCSc1ccccc1. The van der Waals surface area contributed by atoms with E-state index in [-0.39, 0.29) is 12.5 Å². The van der Waals surface area contributed by atoms with E-state index in [1.165, 1.54) is 15.9 Å². The largest absolute Gasteiger partial charge is 0.354 e. The normalized spacial score (nSPS) is 10.2. The van der Waals surface area contributed by atoms with Crippen molar-refractivity contribution < 1.29 is 4.79 Å². The number of carbonyl (C=O) groups excluding carboxylic acids is 1. The Morgan fingerprint density at radius 3 is 2.89 bits per heavy atom. The van der Waals surface area contributed by atoms with E-state index in [1.54, 1.807) is 11.8 Å². The molecule has 1 amide bonds. The van der Waals surface area contributed by atoms with Gasteiger partial charge in [-0.2, -0.15) is 0 Å². The number of hydrogen-bond acceptors (Lipinski definition) is 5. The third kappa shape index (κ3) is 4.17. The Labute approximate surface area is 109 Å². The van der Waals surface area contributed by atoms with Crippen LogP contribution in [0.4, 0.5) is 0 Å². The number of aromatic nitrogens is 4. The molecule has 2 aromatic rings. The summed E-state index contributed by atoms with van der Waals surface area (Å²) in [6.07, 6.45) is 1.41. The van der Waals surface area contributed by atoms with Crippen LogP contribution in [0.15, 0.2) is 41.6 Å². The van der Waals surface area contributed by atoms with Crippen LogP contribution in [0.3, 0.4) is 0 Å². The smallest absolute Gasteiger partial charge is 0.241 e. The van der Waals surface area contributed by atoms with Gasteiger partial charge in [-0.3, -0.25) is 4.79 Å². The van der Waals surface area contributed by atoms with Crippen LogP contribution in [0, 0.1) is 0 Å². The lowest BCUT2D eigenvalue weighted by molar-refractivity contribution is -0.121. The highest BCUT2D eigenvalue weighted by Gasteiger charge is 2.02. The Kier molecular flexibility index (Phi) is 4.71. The Balaban J connectivity index is 1.62. The van der Waals surface area contributed by atoms with Crippen molar-refractivity contribution in [3.8, 4) is 0 Å². The molecular formula is C11H13N5OS. The van der Waals surface area contributed by atoms with Crippen LogP contribution >= 0.6 is 11.8 Å². The summed E-state index contributed by atoms with van der Waals surface area (Å²) < 4.78 is 1.39. The number of nitrogens with one attached hydrogen (secondary N) is 1. The van der Waals surface area contributed by atoms with Gasteiger partial charge in [-0.15, -0.1) is 16.9 Å². The monoisotopic (exact) mass is 263 g/mol. The first-order valence-corrected chi connectivity index (χ1v) is 6.48. The highest BCUT2D eigenvalue weighted by molar-refractivity contribution is 7.99. The van der Waals surface area contributed by atoms with Crippen LogP contribution in [-0.4, -0.2) is 38.4 Å². The number of benzene rings is 1. The van der Waals surface area contributed by atoms with Crippen LogP contribution in [-0.2, 0) is 11.3 Å². The molecule has 0 saturated heterocycles. The summed E-state index contributed by atoms with van der Waals surface area (Å²) in [5, 5.41) is 13.4. The van der Waals surface area contributed by atoms with E-state index in [2.05, 4.69) is 20.8 Å². The third-order valence-electron chi connectivity index (χ3n) is 2.13. The minimum atomic E-state index is -0.0871. The fourth-order valence-corrected chi connectivity index (χ4v) is 2.12. The van der Waals surface area contributed by atoms with E-state index in [9.17, 15) is 4.79 Å². The number of nitrogens with zero attached hydrogens (tertiary/aromatic N) is 4. The van der Waals surface area contributed by atoms with Gasteiger partial charge in [0.15, 0.2) is 0 Å². The fraction of sp³-hybridized carbons (Fsp3) is 0.273. The molecule has 0 radical (unpaired) electrons. The highest BCUT2D eigenvalue weighted by Crippen LogP contribution is 2.15. The van der Waals surface area contributed by atoms with Crippen LogP contribution in [0.25, 0.3) is 0 Å². The predicted octanol–water partition coefficient (Wildman–Crippen LogP) is 0.582. The predicted molar refractivity (Wildman–Crippen MR) is 68.0 cm³/mol. The molecule has 0 aliphatic heterocycles. The van der Waals surface area contributed by atoms with Gasteiger partial charge in [-0.25, -0.2) is 4.68 Å². The highest BCUT2D eigenvalue weighted by atomic mass is 32.2. The van der Waals surface area contributed by atoms with Crippen LogP contribution in [0.5, 0.6) is 0 Å². The molecule has 1 aromatic carbocycles. The van der Waals surface area contributed by atoms with Gasteiger partial charge in [0, 0.05) is 17.2 Å². The van der Waals surface area contributed by atoms with Gasteiger partial charge in [0.25, 0.3) is 0 Å². The van der Waals surface area contributed by atoms with Crippen molar-refractivity contribution >= 4 is 17.7 Å². The summed E-state index contributed by atoms with van der Waals surface area (Å²) in [5.41, 5.74) is 0. The third-order valence-corrected chi connectivity index (χ3v) is 3.15. The van der Waals surface area contributed by atoms with Crippen molar-refractivity contribution in [1.82, 2.24) is 25.5 Å². The first kappa shape index (κ1) is 12.6. The molecule has 0 bridgehead atoms. The molecule has 0 spiro atoms. The summed E-state index contributed by atoms with van der Waals surface area (Å²) >= 11 is 1.71. The molecular weight excluding hydrogens is 250 g/mol. The maximum Gasteiger partial charge on any atom is 0.241 e. The van der Waals surface area contributed by atoms with Crippen molar-refractivity contribution in [1.29, 1.82) is 0 Å². The second kappa shape index (κ2) is 6.75. The summed E-state index contributed by atoms with van der Waals surface area (Å²) in [6.45, 7) is 0.781. The van der Waals surface area contributed by atoms with E-state index in [4.69, 9.17) is 0 Å². The van der Waals surface area contributed by atoms with Crippen molar-refractivity contribution in [2.24, 2.45) is 0 Å². The van der Waals surface area contributed by atoms with Gasteiger partial charge in [0.1, 0.15) is 12.9 Å². The topological polar surface area (TPSA) is 72.7 Å². The number of rotatable bonds is 6. The van der Waals surface area contributed by atoms with E-state index < -0.39 is 0 Å². The molecule has 6 nitrogen and oxygen atoms in total. The lowest BCUT2D eigenvalue weighted by atomic mass is 10.4. The molecule has 0 atom stereocenters. The molecule has 0 unspecified atom stereocenters. The molecule has 1 heterocycles. The standard InChI is InChI=1S/C11H13N5OS/c17-11(8-16-9-13-14-15-16)12-6-7-18-10-4-2-1-3-5-10/h1-5,9H,6-8H2,(H,12,17). The summed E-state index contributed by atoms with van der Waals surface area (Å²) in [4.78, 5) is 12.7. The van der Waals surface area contributed by atoms with E-state index in [0.717, 1.165) is 5.75 Å². The number of amides is 1. The second-order valence-electron chi connectivity index (χ2n) is 3.52. The second-order valence-corrected chi connectivity index (χ2v) is 4.69. The van der Waals surface area contributed by atoms with E-state index in [1.807, 2.05) is 30.3 Å². The maximum absolute atomic E-state index is 11.5. The summed E-state index contributed by atoms with van der Waals surface area (Å²) in [7, 11) is 0. The number of hydrogen-bond donors (Lipinski definition) is 1. The van der Waals surface area contributed by atoms with Crippen LogP contribution < -0.4 is 5.32 Å². The maximum atomic E-state index is 11.5. The zero-order valence-electron chi connectivity index (χ0n) is 9.69. The summed E-state index contributed by atoms with van der Waals surface area (Å²) in [6, 6.07) is 10.1. The Morgan fingerprint density at radius 1 is 1.33 bits per heavy atom. The minimum absolute atomic E-state index is 0.0871. The quantitative estimate of drug-likeness (QED) is 0.609. The average Bonchev–Trinajstić information content (AvgIpc) is 2.89. The average molecular weight is 263 g/mol. The van der Waals surface area contributed by atoms with Gasteiger partial charge < -0.3 is 5.32 Å². The Morgan fingerprint density at radius 2 is 2.17 bits per heavy atom. The number of tetrazole rings is 1. The molecule has 0 aliphatic rings. The molecule has 18 heavy (non-hydrogen) atoms. The molecule has 0 fully saturated rings. The van der Waals surface area contributed by atoms with Crippen molar-refractivity contribution in [3.63, 3.8) is 0 Å². The summed E-state index contributed by atoms with van der Waals surface area (Å²) in [5.74, 6) is 0.752. The number of carbonyl (C=O) groups is 1. The minimum Gasteiger partial charge on any atom is -0.354 e. The molecule has 1 N–H and O–H groups in total. The van der Waals surface area contributed by atoms with Gasteiger partial charge in [0.2, 0.25) is 5.91 Å². The van der Waals surface area contributed by atoms with Gasteiger partial charge in [-0.1, -0.05) is 18.2 Å². The fourth-order valence-electron chi connectivity index (χ4n) is 1.33. The van der Waals surface area contributed by atoms with Crippen LogP contribution in [0.2, 0.25) is 0 Å². The van der Waals surface area contributed by atoms with Gasteiger partial charge >= 0.3 is 0 Å². The lowest BCUT2D eigenvalue weighted by Gasteiger charge is -2.04. The molecule has 0 aliphatic carbocycles. The molecule has 2 rings (SSSR count). The van der Waals surface area contributed by atoms with Crippen molar-refractivity contribution in [3.05, 3.63) is 36.7 Å². The van der Waals surface area contributed by atoms with Crippen molar-refractivity contribution in [2.45, 2.75) is 11.4 Å². The zero-order valence-corrected chi connectivity index (χ0v) is 10.5. The molecule has 94 valence electrons. The lowest BCUT2D eigenvalue weighted by Crippen LogP contribution is -2.29. The van der Waals surface area contributed by atoms with Crippen molar-refractivity contribution in [2.75, 3.05) is 12.3 Å². The molecule has 0 saturated carbocycles. The zero-order chi connectivity index (χ0) is 12.6. The Bertz CT molecular complexity index is 473. The molecule has 1 aromatic heterocycles.